The van der Waals surface area contributed by atoms with Gasteiger partial charge in [0.25, 0.3) is 5.91 Å². The van der Waals surface area contributed by atoms with E-state index in [9.17, 15) is 14.4 Å². The molecule has 0 radical (unpaired) electrons. The van der Waals surface area contributed by atoms with Crippen molar-refractivity contribution in [2.24, 2.45) is 0 Å². The minimum atomic E-state index is -0.343. The van der Waals surface area contributed by atoms with Gasteiger partial charge in [0, 0.05) is 24.0 Å². The monoisotopic (exact) mass is 355 g/mol. The Bertz CT molecular complexity index is 791. The second kappa shape index (κ2) is 9.33. The number of amides is 3. The molecule has 2 aromatic rings. The maximum atomic E-state index is 12.0. The third kappa shape index (κ3) is 5.71. The highest BCUT2D eigenvalue weighted by Crippen LogP contribution is 2.19. The van der Waals surface area contributed by atoms with E-state index in [4.69, 9.17) is 4.74 Å². The zero-order valence-electron chi connectivity index (χ0n) is 14.7. The fourth-order valence-electron chi connectivity index (χ4n) is 2.26. The van der Waals surface area contributed by atoms with Crippen LogP contribution in [-0.4, -0.2) is 38.0 Å². The number of hydrogen-bond acceptors (Lipinski definition) is 4. The Balaban J connectivity index is 1.88. The molecule has 2 aromatic carbocycles. The molecule has 7 heteroatoms. The molecule has 0 heterocycles. The average molecular weight is 355 g/mol. The first-order chi connectivity index (χ1) is 12.5. The molecule has 0 atom stereocenters. The molecule has 3 amide bonds. The summed E-state index contributed by atoms with van der Waals surface area (Å²) < 4.78 is 4.77. The zero-order chi connectivity index (χ0) is 18.9. The van der Waals surface area contributed by atoms with Crippen molar-refractivity contribution in [2.45, 2.75) is 6.92 Å². The van der Waals surface area contributed by atoms with Crippen molar-refractivity contribution in [3.8, 4) is 0 Å². The summed E-state index contributed by atoms with van der Waals surface area (Å²) in [6, 6.07) is 13.8. The maximum Gasteiger partial charge on any atom is 0.251 e. The first-order valence-electron chi connectivity index (χ1n) is 8.02. The second-order valence-corrected chi connectivity index (χ2v) is 5.61. The summed E-state index contributed by atoms with van der Waals surface area (Å²) in [4.78, 5) is 35.5. The van der Waals surface area contributed by atoms with E-state index in [1.165, 1.54) is 7.11 Å². The van der Waals surface area contributed by atoms with Gasteiger partial charge in [-0.15, -0.1) is 0 Å². The lowest BCUT2D eigenvalue weighted by molar-refractivity contribution is -0.119. The number of benzene rings is 2. The number of aryl methyl sites for hydroxylation is 1. The Kier molecular flexibility index (Phi) is 6.87. The summed E-state index contributed by atoms with van der Waals surface area (Å²) in [5.74, 6) is -0.908. The molecule has 0 bridgehead atoms. The highest BCUT2D eigenvalue weighted by atomic mass is 16.5. The van der Waals surface area contributed by atoms with E-state index in [1.807, 2.05) is 13.0 Å². The number of anilines is 2. The van der Waals surface area contributed by atoms with Gasteiger partial charge < -0.3 is 20.7 Å². The van der Waals surface area contributed by atoms with Crippen molar-refractivity contribution in [3.63, 3.8) is 0 Å². The highest BCUT2D eigenvalue weighted by Gasteiger charge is 2.09. The summed E-state index contributed by atoms with van der Waals surface area (Å²) in [7, 11) is 1.45. The SMILES string of the molecule is COCC(=O)Nc1ccc(NC(=O)CNC(=O)c2ccccc2)cc1C. The molecular weight excluding hydrogens is 334 g/mol. The minimum absolute atomic E-state index is 0.0287. The van der Waals surface area contributed by atoms with Gasteiger partial charge in [0.05, 0.1) is 6.54 Å². The molecule has 0 spiro atoms. The molecule has 2 rings (SSSR count). The topological polar surface area (TPSA) is 96.5 Å². The number of carbonyl (C=O) groups is 3. The van der Waals surface area contributed by atoms with Crippen molar-refractivity contribution in [3.05, 3.63) is 59.7 Å². The van der Waals surface area contributed by atoms with Crippen LogP contribution < -0.4 is 16.0 Å². The van der Waals surface area contributed by atoms with Crippen LogP contribution in [0.15, 0.2) is 48.5 Å². The Morgan fingerprint density at radius 3 is 2.35 bits per heavy atom. The van der Waals surface area contributed by atoms with Gasteiger partial charge in [-0.25, -0.2) is 0 Å². The molecule has 26 heavy (non-hydrogen) atoms. The van der Waals surface area contributed by atoms with Gasteiger partial charge in [-0.1, -0.05) is 18.2 Å². The van der Waals surface area contributed by atoms with E-state index in [0.29, 0.717) is 16.9 Å². The average Bonchev–Trinajstić information content (AvgIpc) is 2.63. The zero-order valence-corrected chi connectivity index (χ0v) is 14.7. The molecule has 0 unspecified atom stereocenters. The lowest BCUT2D eigenvalue weighted by Gasteiger charge is -2.11. The van der Waals surface area contributed by atoms with E-state index in [-0.39, 0.29) is 30.9 Å². The van der Waals surface area contributed by atoms with E-state index in [1.54, 1.807) is 42.5 Å². The molecule has 0 aromatic heterocycles. The Hall–Kier alpha value is -3.19. The van der Waals surface area contributed by atoms with Crippen molar-refractivity contribution in [1.29, 1.82) is 0 Å². The van der Waals surface area contributed by atoms with Crippen LogP contribution in [0.25, 0.3) is 0 Å². The largest absolute Gasteiger partial charge is 0.375 e. The van der Waals surface area contributed by atoms with Gasteiger partial charge >= 0.3 is 0 Å². The number of rotatable bonds is 7. The molecule has 0 aliphatic heterocycles. The first kappa shape index (κ1) is 19.1. The third-order valence-electron chi connectivity index (χ3n) is 3.51. The van der Waals surface area contributed by atoms with Crippen LogP contribution in [0.4, 0.5) is 11.4 Å². The summed E-state index contributed by atoms with van der Waals surface area (Å²) in [5.41, 5.74) is 2.50. The lowest BCUT2D eigenvalue weighted by Crippen LogP contribution is -2.32. The Morgan fingerprint density at radius 2 is 1.69 bits per heavy atom. The number of ether oxygens (including phenoxy) is 1. The maximum absolute atomic E-state index is 12.0. The number of hydrogen-bond donors (Lipinski definition) is 3. The van der Waals surface area contributed by atoms with Crippen LogP contribution in [0.1, 0.15) is 15.9 Å². The van der Waals surface area contributed by atoms with Crippen molar-refractivity contribution >= 4 is 29.1 Å². The van der Waals surface area contributed by atoms with Gasteiger partial charge in [-0.05, 0) is 42.8 Å². The Morgan fingerprint density at radius 1 is 0.962 bits per heavy atom. The number of nitrogens with one attached hydrogen (secondary N) is 3. The third-order valence-corrected chi connectivity index (χ3v) is 3.51. The Labute approximate surface area is 151 Å². The number of methoxy groups -OCH3 is 1. The lowest BCUT2D eigenvalue weighted by atomic mass is 10.1. The van der Waals surface area contributed by atoms with Gasteiger partial charge in [0.15, 0.2) is 0 Å². The molecule has 0 aliphatic rings. The van der Waals surface area contributed by atoms with Crippen molar-refractivity contribution in [1.82, 2.24) is 5.32 Å². The summed E-state index contributed by atoms with van der Waals surface area (Å²) in [6.07, 6.45) is 0. The van der Waals surface area contributed by atoms with E-state index in [2.05, 4.69) is 16.0 Å². The summed E-state index contributed by atoms with van der Waals surface area (Å²) in [5, 5.41) is 7.98. The molecule has 0 saturated carbocycles. The van der Waals surface area contributed by atoms with Gasteiger partial charge in [0.2, 0.25) is 11.8 Å². The van der Waals surface area contributed by atoms with Gasteiger partial charge in [-0.2, -0.15) is 0 Å². The predicted octanol–water partition coefficient (Wildman–Crippen LogP) is 1.95. The van der Waals surface area contributed by atoms with E-state index < -0.39 is 0 Å². The summed E-state index contributed by atoms with van der Waals surface area (Å²) in [6.45, 7) is 1.65. The van der Waals surface area contributed by atoms with Crippen molar-refractivity contribution < 1.29 is 19.1 Å². The molecule has 0 saturated heterocycles. The highest BCUT2D eigenvalue weighted by molar-refractivity contribution is 5.99. The second-order valence-electron chi connectivity index (χ2n) is 5.61. The summed E-state index contributed by atoms with van der Waals surface area (Å²) >= 11 is 0. The smallest absolute Gasteiger partial charge is 0.251 e. The molecule has 0 fully saturated rings. The van der Waals surface area contributed by atoms with Gasteiger partial charge in [0.1, 0.15) is 6.61 Å². The quantitative estimate of drug-likeness (QED) is 0.707. The van der Waals surface area contributed by atoms with Crippen LogP contribution in [0, 0.1) is 6.92 Å². The van der Waals surface area contributed by atoms with Crippen LogP contribution >= 0.6 is 0 Å². The molecule has 3 N–H and O–H groups in total. The molecule has 136 valence electrons. The van der Waals surface area contributed by atoms with Crippen LogP contribution in [0.3, 0.4) is 0 Å². The fourth-order valence-corrected chi connectivity index (χ4v) is 2.26. The van der Waals surface area contributed by atoms with Crippen LogP contribution in [0.2, 0.25) is 0 Å². The molecule has 7 nitrogen and oxygen atoms in total. The molecular formula is C19H21N3O4. The fraction of sp³-hybridized carbons (Fsp3) is 0.211. The van der Waals surface area contributed by atoms with Crippen molar-refractivity contribution in [2.75, 3.05) is 30.9 Å². The van der Waals surface area contributed by atoms with Crippen LogP contribution in [-0.2, 0) is 14.3 Å². The van der Waals surface area contributed by atoms with Crippen LogP contribution in [0.5, 0.6) is 0 Å². The van der Waals surface area contributed by atoms with Gasteiger partial charge in [-0.3, -0.25) is 14.4 Å². The minimum Gasteiger partial charge on any atom is -0.375 e. The normalized spacial score (nSPS) is 10.1. The van der Waals surface area contributed by atoms with E-state index in [0.717, 1.165) is 5.56 Å². The predicted molar refractivity (Wildman–Crippen MR) is 99.1 cm³/mol. The first-order valence-corrected chi connectivity index (χ1v) is 8.02. The standard InChI is InChI=1S/C19H21N3O4/c1-13-10-15(8-9-16(13)22-18(24)12-26-2)21-17(23)11-20-19(25)14-6-4-3-5-7-14/h3-10H,11-12H2,1-2H3,(H,20,25)(H,21,23)(H,22,24). The van der Waals surface area contributed by atoms with E-state index >= 15 is 0 Å². The number of carbonyl (C=O) groups excluding carboxylic acids is 3. The molecule has 0 aliphatic carbocycles.